The van der Waals surface area contributed by atoms with Gasteiger partial charge in [0.25, 0.3) is 0 Å². The molecule has 2 heterocycles. The van der Waals surface area contributed by atoms with Gasteiger partial charge in [0.15, 0.2) is 11.5 Å². The summed E-state index contributed by atoms with van der Waals surface area (Å²) in [5, 5.41) is 3.12. The lowest BCUT2D eigenvalue weighted by Crippen LogP contribution is -2.47. The minimum absolute atomic E-state index is 0.576. The van der Waals surface area contributed by atoms with Crippen LogP contribution in [0.3, 0.4) is 0 Å². The molecule has 158 valence electrons. The third-order valence-corrected chi connectivity index (χ3v) is 5.34. The molecule has 0 atom stereocenters. The average Bonchev–Trinajstić information content (AvgIpc) is 2.79. The highest BCUT2D eigenvalue weighted by atomic mass is 16.5. The number of benzene rings is 2. The zero-order chi connectivity index (χ0) is 21.1. The average molecular weight is 409 g/mol. The molecular formula is C22H27N5O3. The molecular weight excluding hydrogens is 382 g/mol. The molecule has 1 aromatic heterocycles. The maximum Gasteiger partial charge on any atom is 0.238 e. The largest absolute Gasteiger partial charge is 0.493 e. The van der Waals surface area contributed by atoms with Crippen molar-refractivity contribution in [2.45, 2.75) is 0 Å². The molecule has 0 saturated carbocycles. The van der Waals surface area contributed by atoms with E-state index in [-0.39, 0.29) is 0 Å². The Balaban J connectivity index is 1.61. The fourth-order valence-corrected chi connectivity index (χ4v) is 3.57. The van der Waals surface area contributed by atoms with Crippen LogP contribution in [0.25, 0.3) is 22.0 Å². The molecule has 0 radical (unpaired) electrons. The van der Waals surface area contributed by atoms with Gasteiger partial charge in [0.2, 0.25) is 11.7 Å². The smallest absolute Gasteiger partial charge is 0.238 e. The number of hydrazine groups is 1. The number of fused-ring (bicyclic) bond motifs is 1. The van der Waals surface area contributed by atoms with Crippen LogP contribution in [0, 0.1) is 0 Å². The number of methoxy groups -OCH3 is 3. The van der Waals surface area contributed by atoms with Gasteiger partial charge in [0.05, 0.1) is 26.8 Å². The van der Waals surface area contributed by atoms with Gasteiger partial charge in [0, 0.05) is 37.8 Å². The Labute approximate surface area is 176 Å². The van der Waals surface area contributed by atoms with Gasteiger partial charge in [-0.1, -0.05) is 6.07 Å². The van der Waals surface area contributed by atoms with E-state index in [2.05, 4.69) is 38.4 Å². The summed E-state index contributed by atoms with van der Waals surface area (Å²) in [6.45, 7) is 3.94. The summed E-state index contributed by atoms with van der Waals surface area (Å²) in [4.78, 5) is 11.5. The van der Waals surface area contributed by atoms with E-state index in [1.54, 1.807) is 21.3 Å². The molecule has 0 spiro atoms. The van der Waals surface area contributed by atoms with Crippen LogP contribution >= 0.6 is 0 Å². The Bertz CT molecular complexity index is 1010. The first kappa shape index (κ1) is 20.2. The standard InChI is InChI=1S/C22H27N5O3/c1-26-7-9-27(10-8-26)25-22-23-14-17-11-15(5-6-18(17)24-22)16-12-19(28-2)21(30-4)20(13-16)29-3/h5-6,11-14H,7-10H2,1-4H3,(H,23,24,25). The van der Waals surface area contributed by atoms with Crippen molar-refractivity contribution >= 4 is 16.9 Å². The maximum atomic E-state index is 5.48. The van der Waals surface area contributed by atoms with Crippen molar-refractivity contribution in [1.82, 2.24) is 19.9 Å². The number of piperazine rings is 1. The Kier molecular flexibility index (Phi) is 5.87. The van der Waals surface area contributed by atoms with Crippen molar-refractivity contribution in [2.75, 3.05) is 60.0 Å². The Morgan fingerprint density at radius 1 is 0.867 bits per heavy atom. The summed E-state index contributed by atoms with van der Waals surface area (Å²) >= 11 is 0. The zero-order valence-corrected chi connectivity index (χ0v) is 17.8. The maximum absolute atomic E-state index is 5.48. The summed E-state index contributed by atoms with van der Waals surface area (Å²) in [5.74, 6) is 2.44. The van der Waals surface area contributed by atoms with Crippen molar-refractivity contribution in [3.63, 3.8) is 0 Å². The lowest BCUT2D eigenvalue weighted by atomic mass is 10.0. The van der Waals surface area contributed by atoms with Crippen LogP contribution in [0.4, 0.5) is 5.95 Å². The van der Waals surface area contributed by atoms with E-state index >= 15 is 0 Å². The number of likely N-dealkylation sites (N-methyl/N-ethyl adjacent to an activating group) is 1. The third-order valence-electron chi connectivity index (χ3n) is 5.34. The van der Waals surface area contributed by atoms with Crippen molar-refractivity contribution in [3.8, 4) is 28.4 Å². The molecule has 1 N–H and O–H groups in total. The van der Waals surface area contributed by atoms with Crippen molar-refractivity contribution in [3.05, 3.63) is 36.5 Å². The lowest BCUT2D eigenvalue weighted by Gasteiger charge is -2.32. The second-order valence-corrected chi connectivity index (χ2v) is 7.28. The van der Waals surface area contributed by atoms with E-state index < -0.39 is 0 Å². The van der Waals surface area contributed by atoms with Gasteiger partial charge in [-0.05, 0) is 42.4 Å². The van der Waals surface area contributed by atoms with E-state index in [0.717, 1.165) is 48.2 Å². The molecule has 0 unspecified atom stereocenters. The molecule has 1 fully saturated rings. The molecule has 30 heavy (non-hydrogen) atoms. The highest BCUT2D eigenvalue weighted by Gasteiger charge is 2.16. The predicted molar refractivity (Wildman–Crippen MR) is 117 cm³/mol. The van der Waals surface area contributed by atoms with E-state index in [1.165, 1.54) is 0 Å². The molecule has 0 aliphatic carbocycles. The van der Waals surface area contributed by atoms with Gasteiger partial charge in [-0.25, -0.2) is 15.0 Å². The highest BCUT2D eigenvalue weighted by Crippen LogP contribution is 2.41. The molecule has 4 rings (SSSR count). The fraction of sp³-hybridized carbons (Fsp3) is 0.364. The van der Waals surface area contributed by atoms with Crippen LogP contribution in [-0.4, -0.2) is 74.4 Å². The van der Waals surface area contributed by atoms with Crippen LogP contribution in [0.1, 0.15) is 0 Å². The van der Waals surface area contributed by atoms with E-state index in [1.807, 2.05) is 30.5 Å². The monoisotopic (exact) mass is 409 g/mol. The van der Waals surface area contributed by atoms with Crippen LogP contribution in [0.5, 0.6) is 17.2 Å². The van der Waals surface area contributed by atoms with Crippen molar-refractivity contribution < 1.29 is 14.2 Å². The Hall–Kier alpha value is -3.10. The number of ether oxygens (including phenoxy) is 3. The third kappa shape index (κ3) is 4.10. The topological polar surface area (TPSA) is 72.0 Å². The first-order chi connectivity index (χ1) is 14.6. The molecule has 2 aromatic carbocycles. The summed E-state index contributed by atoms with van der Waals surface area (Å²) in [5.41, 5.74) is 6.19. The summed E-state index contributed by atoms with van der Waals surface area (Å²) in [6.07, 6.45) is 1.85. The summed E-state index contributed by atoms with van der Waals surface area (Å²) in [6, 6.07) is 9.98. The van der Waals surface area contributed by atoms with Crippen molar-refractivity contribution in [1.29, 1.82) is 0 Å². The molecule has 1 aliphatic heterocycles. The van der Waals surface area contributed by atoms with E-state index in [4.69, 9.17) is 14.2 Å². The Morgan fingerprint density at radius 2 is 1.57 bits per heavy atom. The summed E-state index contributed by atoms with van der Waals surface area (Å²) in [7, 11) is 6.96. The number of hydrogen-bond acceptors (Lipinski definition) is 8. The minimum atomic E-state index is 0.576. The second-order valence-electron chi connectivity index (χ2n) is 7.28. The van der Waals surface area contributed by atoms with Crippen LogP contribution < -0.4 is 19.6 Å². The van der Waals surface area contributed by atoms with Gasteiger partial charge in [0.1, 0.15) is 0 Å². The lowest BCUT2D eigenvalue weighted by molar-refractivity contribution is 0.178. The Morgan fingerprint density at radius 3 is 2.20 bits per heavy atom. The van der Waals surface area contributed by atoms with Crippen molar-refractivity contribution in [2.24, 2.45) is 0 Å². The summed E-state index contributed by atoms with van der Waals surface area (Å²) < 4.78 is 16.4. The number of anilines is 1. The normalized spacial score (nSPS) is 15.2. The van der Waals surface area contributed by atoms with Crippen LogP contribution in [0.15, 0.2) is 36.5 Å². The van der Waals surface area contributed by atoms with Crippen LogP contribution in [0.2, 0.25) is 0 Å². The predicted octanol–water partition coefficient (Wildman–Crippen LogP) is 2.90. The highest BCUT2D eigenvalue weighted by molar-refractivity contribution is 5.85. The number of aromatic nitrogens is 2. The minimum Gasteiger partial charge on any atom is -0.493 e. The van der Waals surface area contributed by atoms with Gasteiger partial charge >= 0.3 is 0 Å². The first-order valence-electron chi connectivity index (χ1n) is 9.88. The molecule has 8 nitrogen and oxygen atoms in total. The molecule has 1 saturated heterocycles. The molecule has 3 aromatic rings. The fourth-order valence-electron chi connectivity index (χ4n) is 3.57. The number of nitrogens with one attached hydrogen (secondary N) is 1. The zero-order valence-electron chi connectivity index (χ0n) is 17.8. The molecule has 8 heteroatoms. The number of hydrogen-bond donors (Lipinski definition) is 1. The number of nitrogens with zero attached hydrogens (tertiary/aromatic N) is 4. The molecule has 0 bridgehead atoms. The molecule has 0 amide bonds. The number of rotatable bonds is 6. The quantitative estimate of drug-likeness (QED) is 0.666. The van der Waals surface area contributed by atoms with Gasteiger partial charge in [-0.15, -0.1) is 0 Å². The van der Waals surface area contributed by atoms with E-state index in [9.17, 15) is 0 Å². The van der Waals surface area contributed by atoms with Gasteiger partial charge in [-0.2, -0.15) is 0 Å². The van der Waals surface area contributed by atoms with Crippen LogP contribution in [-0.2, 0) is 0 Å². The molecule has 1 aliphatic rings. The SMILES string of the molecule is COc1cc(-c2ccc3nc(NN4CCN(C)CC4)ncc3c2)cc(OC)c1OC. The second kappa shape index (κ2) is 8.73. The van der Waals surface area contributed by atoms with E-state index in [0.29, 0.717) is 23.2 Å². The first-order valence-corrected chi connectivity index (χ1v) is 9.88. The van der Waals surface area contributed by atoms with Gasteiger partial charge < -0.3 is 19.1 Å². The van der Waals surface area contributed by atoms with Gasteiger partial charge in [-0.3, -0.25) is 5.43 Å².